The molecule has 0 spiro atoms. The maximum atomic E-state index is 13.2. The van der Waals surface area contributed by atoms with Crippen molar-refractivity contribution in [2.75, 3.05) is 7.11 Å². The van der Waals surface area contributed by atoms with Crippen LogP contribution >= 0.6 is 15.9 Å². The van der Waals surface area contributed by atoms with Crippen LogP contribution in [-0.4, -0.2) is 24.0 Å². The molecule has 1 aliphatic heterocycles. The highest BCUT2D eigenvalue weighted by Gasteiger charge is 2.43. The van der Waals surface area contributed by atoms with Gasteiger partial charge in [-0.2, -0.15) is 0 Å². The Balaban J connectivity index is 2.01. The first kappa shape index (κ1) is 17.5. The smallest absolute Gasteiger partial charge is 0.336 e. The van der Waals surface area contributed by atoms with Crippen molar-refractivity contribution >= 4 is 33.4 Å². The molecule has 0 amide bonds. The minimum Gasteiger partial charge on any atom is -0.508 e. The van der Waals surface area contributed by atoms with Gasteiger partial charge in [-0.25, -0.2) is 4.79 Å². The van der Waals surface area contributed by atoms with E-state index in [2.05, 4.69) is 21.2 Å². The lowest BCUT2D eigenvalue weighted by molar-refractivity contribution is -0.136. The molecule has 6 heteroatoms. The first-order valence-electron chi connectivity index (χ1n) is 8.36. The number of fused-ring (bicyclic) bond motifs is 2. The SMILES string of the molecule is COC(=O)C1=C(C)NC2=C(C(=O)c3ccccc32)C1c1cc(Br)ccc1O. The zero-order valence-corrected chi connectivity index (χ0v) is 16.3. The van der Waals surface area contributed by atoms with Gasteiger partial charge in [0.1, 0.15) is 5.75 Å². The number of methoxy groups -OCH3 is 1. The van der Waals surface area contributed by atoms with Crippen LogP contribution in [0.2, 0.25) is 0 Å². The van der Waals surface area contributed by atoms with Gasteiger partial charge in [-0.3, -0.25) is 4.79 Å². The number of hydrogen-bond donors (Lipinski definition) is 2. The number of hydrogen-bond acceptors (Lipinski definition) is 5. The highest BCUT2D eigenvalue weighted by atomic mass is 79.9. The first-order valence-corrected chi connectivity index (χ1v) is 9.16. The second-order valence-electron chi connectivity index (χ2n) is 6.45. The van der Waals surface area contributed by atoms with Gasteiger partial charge in [0.15, 0.2) is 5.78 Å². The minimum absolute atomic E-state index is 0.00918. The Morgan fingerprint density at radius 3 is 2.59 bits per heavy atom. The minimum atomic E-state index is -0.730. The number of halogens is 1. The molecule has 5 nitrogen and oxygen atoms in total. The van der Waals surface area contributed by atoms with Crippen molar-refractivity contribution in [3.63, 3.8) is 0 Å². The third-order valence-corrected chi connectivity index (χ3v) is 5.45. The fourth-order valence-corrected chi connectivity index (χ4v) is 4.16. The molecule has 1 heterocycles. The molecule has 0 fully saturated rings. The van der Waals surface area contributed by atoms with Gasteiger partial charge in [0.05, 0.1) is 24.3 Å². The summed E-state index contributed by atoms with van der Waals surface area (Å²) in [6.45, 7) is 1.77. The molecule has 0 saturated heterocycles. The summed E-state index contributed by atoms with van der Waals surface area (Å²) in [5.41, 5.74) is 3.86. The number of allylic oxidation sites excluding steroid dienone is 2. The van der Waals surface area contributed by atoms with Crippen molar-refractivity contribution in [1.82, 2.24) is 5.32 Å². The number of dihydropyridines is 1. The summed E-state index contributed by atoms with van der Waals surface area (Å²) < 4.78 is 5.72. The van der Waals surface area contributed by atoms with Crippen molar-refractivity contribution in [2.45, 2.75) is 12.8 Å². The van der Waals surface area contributed by atoms with Crippen LogP contribution in [-0.2, 0) is 9.53 Å². The van der Waals surface area contributed by atoms with E-state index in [1.807, 2.05) is 18.2 Å². The van der Waals surface area contributed by atoms with Crippen molar-refractivity contribution in [3.8, 4) is 5.75 Å². The Bertz CT molecular complexity index is 1070. The molecule has 4 rings (SSSR count). The summed E-state index contributed by atoms with van der Waals surface area (Å²) >= 11 is 3.41. The molecule has 0 bridgehead atoms. The molecule has 0 aromatic heterocycles. The summed E-state index contributed by atoms with van der Waals surface area (Å²) in [6.07, 6.45) is 0. The molecule has 27 heavy (non-hydrogen) atoms. The normalized spacial score (nSPS) is 18.2. The van der Waals surface area contributed by atoms with Crippen LogP contribution in [0.15, 0.2) is 63.8 Å². The van der Waals surface area contributed by atoms with E-state index in [-0.39, 0.29) is 11.5 Å². The van der Waals surface area contributed by atoms with Gasteiger partial charge in [0.2, 0.25) is 0 Å². The van der Waals surface area contributed by atoms with Gasteiger partial charge in [0, 0.05) is 32.4 Å². The van der Waals surface area contributed by atoms with E-state index in [1.165, 1.54) is 7.11 Å². The van der Waals surface area contributed by atoms with Crippen molar-refractivity contribution < 1.29 is 19.4 Å². The van der Waals surface area contributed by atoms with E-state index >= 15 is 0 Å². The molecule has 0 radical (unpaired) electrons. The Morgan fingerprint density at radius 1 is 1.19 bits per heavy atom. The topological polar surface area (TPSA) is 75.6 Å². The number of phenols is 1. The maximum Gasteiger partial charge on any atom is 0.336 e. The second-order valence-corrected chi connectivity index (χ2v) is 7.37. The average Bonchev–Trinajstić information content (AvgIpc) is 2.94. The van der Waals surface area contributed by atoms with Crippen LogP contribution in [0.5, 0.6) is 5.75 Å². The standard InChI is InChI=1S/C21H16BrNO4/c1-10-16(21(26)27-2)17(14-9-11(22)7-8-15(14)24)18-19(23-10)12-5-3-4-6-13(12)20(18)25/h3-9,17,23-24H,1-2H3. The van der Waals surface area contributed by atoms with Crippen LogP contribution in [0, 0.1) is 0 Å². The van der Waals surface area contributed by atoms with Crippen molar-refractivity contribution in [3.05, 3.63) is 80.5 Å². The number of carbonyl (C=O) groups excluding carboxylic acids is 2. The van der Waals surface area contributed by atoms with Gasteiger partial charge in [-0.1, -0.05) is 40.2 Å². The molecule has 2 aromatic carbocycles. The van der Waals surface area contributed by atoms with E-state index in [0.717, 1.165) is 10.0 Å². The Morgan fingerprint density at radius 2 is 1.89 bits per heavy atom. The number of ether oxygens (including phenoxy) is 1. The van der Waals surface area contributed by atoms with Gasteiger partial charge in [0.25, 0.3) is 0 Å². The fraction of sp³-hybridized carbons (Fsp3) is 0.143. The molecular weight excluding hydrogens is 410 g/mol. The molecule has 2 aromatic rings. The lowest BCUT2D eigenvalue weighted by Gasteiger charge is -2.29. The number of carbonyl (C=O) groups is 2. The highest BCUT2D eigenvalue weighted by Crippen LogP contribution is 2.48. The zero-order valence-electron chi connectivity index (χ0n) is 14.7. The van der Waals surface area contributed by atoms with Gasteiger partial charge < -0.3 is 15.2 Å². The highest BCUT2D eigenvalue weighted by molar-refractivity contribution is 9.10. The Labute approximate surface area is 164 Å². The number of nitrogens with one attached hydrogen (secondary N) is 1. The lowest BCUT2D eigenvalue weighted by atomic mass is 9.79. The van der Waals surface area contributed by atoms with Crippen LogP contribution in [0.4, 0.5) is 0 Å². The summed E-state index contributed by atoms with van der Waals surface area (Å²) in [6, 6.07) is 12.3. The van der Waals surface area contributed by atoms with Crippen LogP contribution in [0.25, 0.3) is 5.70 Å². The summed E-state index contributed by atoms with van der Waals surface area (Å²) in [5, 5.41) is 13.7. The van der Waals surface area contributed by atoms with Gasteiger partial charge >= 0.3 is 5.97 Å². The monoisotopic (exact) mass is 425 g/mol. The fourth-order valence-electron chi connectivity index (χ4n) is 3.78. The number of benzene rings is 2. The third kappa shape index (κ3) is 2.59. The predicted molar refractivity (Wildman–Crippen MR) is 104 cm³/mol. The summed E-state index contributed by atoms with van der Waals surface area (Å²) in [5.74, 6) is -1.42. The Kier molecular flexibility index (Phi) is 4.15. The number of phenolic OH excluding ortho intramolecular Hbond substituents is 1. The second kappa shape index (κ2) is 6.39. The van der Waals surface area contributed by atoms with E-state index in [9.17, 15) is 14.7 Å². The quantitative estimate of drug-likeness (QED) is 0.713. The van der Waals surface area contributed by atoms with Crippen molar-refractivity contribution in [1.29, 1.82) is 0 Å². The van der Waals surface area contributed by atoms with E-state index < -0.39 is 11.9 Å². The molecule has 1 aliphatic carbocycles. The molecule has 2 N–H and O–H groups in total. The number of ketones is 1. The number of esters is 1. The van der Waals surface area contributed by atoms with E-state index in [0.29, 0.717) is 33.7 Å². The molecule has 1 unspecified atom stereocenters. The Hall–Kier alpha value is -2.86. The van der Waals surface area contributed by atoms with Crippen LogP contribution in [0.3, 0.4) is 0 Å². The molecule has 1 atom stereocenters. The lowest BCUT2D eigenvalue weighted by Crippen LogP contribution is -2.29. The van der Waals surface area contributed by atoms with Crippen molar-refractivity contribution in [2.24, 2.45) is 0 Å². The third-order valence-electron chi connectivity index (χ3n) is 4.95. The zero-order chi connectivity index (χ0) is 19.3. The molecule has 0 saturated carbocycles. The van der Waals surface area contributed by atoms with E-state index in [4.69, 9.17) is 4.74 Å². The predicted octanol–water partition coefficient (Wildman–Crippen LogP) is 3.90. The average molecular weight is 426 g/mol. The molecule has 136 valence electrons. The summed E-state index contributed by atoms with van der Waals surface area (Å²) in [7, 11) is 1.30. The van der Waals surface area contributed by atoms with Gasteiger partial charge in [-0.05, 0) is 25.1 Å². The van der Waals surface area contributed by atoms with Gasteiger partial charge in [-0.15, -0.1) is 0 Å². The number of Topliss-reactive ketones (excluding diaryl/α,β-unsaturated/α-hetero) is 1. The van der Waals surface area contributed by atoms with Crippen LogP contribution < -0.4 is 5.32 Å². The molecule has 2 aliphatic rings. The summed E-state index contributed by atoms with van der Waals surface area (Å²) in [4.78, 5) is 25.8. The van der Waals surface area contributed by atoms with E-state index in [1.54, 1.807) is 31.2 Å². The number of aromatic hydroxyl groups is 1. The van der Waals surface area contributed by atoms with Crippen LogP contribution in [0.1, 0.15) is 34.3 Å². The molecular formula is C21H16BrNO4. The first-order chi connectivity index (χ1) is 12.9. The largest absolute Gasteiger partial charge is 0.508 e. The maximum absolute atomic E-state index is 13.2. The number of rotatable bonds is 2.